The Bertz CT molecular complexity index is 989. The van der Waals surface area contributed by atoms with E-state index < -0.39 is 0 Å². The summed E-state index contributed by atoms with van der Waals surface area (Å²) in [5.41, 5.74) is 1.54. The number of hydrogen-bond acceptors (Lipinski definition) is 6. The summed E-state index contributed by atoms with van der Waals surface area (Å²) in [4.78, 5) is 17.2. The fourth-order valence-corrected chi connectivity index (χ4v) is 4.95. The van der Waals surface area contributed by atoms with E-state index in [2.05, 4.69) is 11.4 Å². The van der Waals surface area contributed by atoms with Crippen molar-refractivity contribution in [2.75, 3.05) is 28.4 Å². The highest BCUT2D eigenvalue weighted by Crippen LogP contribution is 2.40. The second-order valence-corrected chi connectivity index (χ2v) is 8.57. The first kappa shape index (κ1) is 22.1. The van der Waals surface area contributed by atoms with Crippen LogP contribution in [-0.2, 0) is 12.3 Å². The molecule has 0 unspecified atom stereocenters. The molecule has 0 radical (unpaired) electrons. The highest BCUT2D eigenvalue weighted by Gasteiger charge is 2.21. The lowest BCUT2D eigenvalue weighted by atomic mass is 10.1. The average molecular weight is 444 g/mol. The average Bonchev–Trinajstić information content (AvgIpc) is 3.30. The van der Waals surface area contributed by atoms with Crippen molar-refractivity contribution in [2.24, 2.45) is 0 Å². The van der Waals surface area contributed by atoms with E-state index in [1.54, 1.807) is 56.4 Å². The zero-order valence-electron chi connectivity index (χ0n) is 17.5. The van der Waals surface area contributed by atoms with Crippen LogP contribution < -0.4 is 14.2 Å². The van der Waals surface area contributed by atoms with E-state index in [0.717, 1.165) is 16.2 Å². The number of rotatable bonds is 9. The molecular formula is C23H25NO4S2. The summed E-state index contributed by atoms with van der Waals surface area (Å²) in [5, 5.41) is 2.07. The van der Waals surface area contributed by atoms with E-state index >= 15 is 0 Å². The minimum Gasteiger partial charge on any atom is -0.493 e. The van der Waals surface area contributed by atoms with E-state index in [4.69, 9.17) is 14.2 Å². The highest BCUT2D eigenvalue weighted by atomic mass is 32.2. The van der Waals surface area contributed by atoms with Crippen molar-refractivity contribution in [3.05, 3.63) is 69.9 Å². The fourth-order valence-electron chi connectivity index (χ4n) is 3.13. The Morgan fingerprint density at radius 1 is 0.967 bits per heavy atom. The topological polar surface area (TPSA) is 48.0 Å². The lowest BCUT2D eigenvalue weighted by molar-refractivity contribution is 0.0780. The number of thiophene rings is 1. The molecule has 0 atom stereocenters. The van der Waals surface area contributed by atoms with Gasteiger partial charge in [-0.3, -0.25) is 4.79 Å². The number of benzene rings is 2. The van der Waals surface area contributed by atoms with Gasteiger partial charge < -0.3 is 19.1 Å². The summed E-state index contributed by atoms with van der Waals surface area (Å²) >= 11 is 3.40. The van der Waals surface area contributed by atoms with Crippen LogP contribution in [0.15, 0.2) is 58.8 Å². The van der Waals surface area contributed by atoms with Gasteiger partial charge in [0.2, 0.25) is 5.75 Å². The van der Waals surface area contributed by atoms with E-state index in [9.17, 15) is 4.79 Å². The van der Waals surface area contributed by atoms with Gasteiger partial charge in [-0.2, -0.15) is 0 Å². The molecule has 5 nitrogen and oxygen atoms in total. The second kappa shape index (κ2) is 10.4. The molecule has 0 saturated heterocycles. The molecular weight excluding hydrogens is 418 g/mol. The number of nitrogens with zero attached hydrogens (tertiary/aromatic N) is 1. The fraction of sp³-hybridized carbons (Fsp3) is 0.261. The highest BCUT2D eigenvalue weighted by molar-refractivity contribution is 7.98. The van der Waals surface area contributed by atoms with Crippen molar-refractivity contribution >= 4 is 29.0 Å². The quantitative estimate of drug-likeness (QED) is 0.418. The number of methoxy groups -OCH3 is 3. The first-order valence-electron chi connectivity index (χ1n) is 9.36. The van der Waals surface area contributed by atoms with Crippen molar-refractivity contribution in [3.8, 4) is 17.2 Å². The molecule has 0 aliphatic carbocycles. The van der Waals surface area contributed by atoms with Crippen LogP contribution in [0.1, 0.15) is 20.8 Å². The lowest BCUT2D eigenvalue weighted by Gasteiger charge is -2.22. The molecule has 3 rings (SSSR count). The molecule has 0 fully saturated rings. The smallest absolute Gasteiger partial charge is 0.255 e. The molecule has 2 aromatic carbocycles. The van der Waals surface area contributed by atoms with Crippen LogP contribution in [0.25, 0.3) is 0 Å². The lowest BCUT2D eigenvalue weighted by Crippen LogP contribution is -2.27. The monoisotopic (exact) mass is 443 g/mol. The first-order chi connectivity index (χ1) is 14.6. The van der Waals surface area contributed by atoms with Gasteiger partial charge in [-0.1, -0.05) is 18.2 Å². The Hall–Kier alpha value is -2.64. The van der Waals surface area contributed by atoms with Crippen molar-refractivity contribution in [2.45, 2.75) is 17.2 Å². The van der Waals surface area contributed by atoms with Crippen molar-refractivity contribution in [3.63, 3.8) is 0 Å². The summed E-state index contributed by atoms with van der Waals surface area (Å²) in [6, 6.07) is 15.6. The molecule has 0 aliphatic heterocycles. The molecule has 1 heterocycles. The standard InChI is InChI=1S/C23H25NO4S2/c1-24(14-16-11-12-19(26-2)22(28-4)21(16)27-3)23(25)18-9-5-6-10-20(18)30-15-17-8-7-13-29-17/h5-13H,14-15H2,1-4H3. The van der Waals surface area contributed by atoms with Crippen LogP contribution in [-0.4, -0.2) is 39.2 Å². The Labute approximate surface area is 185 Å². The number of amides is 1. The van der Waals surface area contributed by atoms with Gasteiger partial charge in [0, 0.05) is 34.7 Å². The summed E-state index contributed by atoms with van der Waals surface area (Å²) in [5.74, 6) is 2.47. The Morgan fingerprint density at radius 3 is 2.40 bits per heavy atom. The molecule has 7 heteroatoms. The maximum atomic E-state index is 13.2. The Balaban J connectivity index is 1.80. The van der Waals surface area contributed by atoms with Crippen LogP contribution in [0.4, 0.5) is 0 Å². The second-order valence-electron chi connectivity index (χ2n) is 6.52. The molecule has 158 valence electrons. The molecule has 0 N–H and O–H groups in total. The van der Waals surface area contributed by atoms with Gasteiger partial charge >= 0.3 is 0 Å². The van der Waals surface area contributed by atoms with Gasteiger partial charge in [-0.25, -0.2) is 0 Å². The maximum Gasteiger partial charge on any atom is 0.255 e. The van der Waals surface area contributed by atoms with Crippen LogP contribution >= 0.6 is 23.1 Å². The number of carbonyl (C=O) groups excluding carboxylic acids is 1. The van der Waals surface area contributed by atoms with Gasteiger partial charge in [-0.05, 0) is 35.7 Å². The van der Waals surface area contributed by atoms with E-state index in [-0.39, 0.29) is 5.91 Å². The number of thioether (sulfide) groups is 1. The zero-order valence-corrected chi connectivity index (χ0v) is 19.1. The summed E-state index contributed by atoms with van der Waals surface area (Å²) in [6.07, 6.45) is 0. The van der Waals surface area contributed by atoms with E-state index in [1.807, 2.05) is 42.5 Å². The van der Waals surface area contributed by atoms with Gasteiger partial charge in [0.1, 0.15) is 0 Å². The molecule has 1 amide bonds. The first-order valence-corrected chi connectivity index (χ1v) is 11.2. The van der Waals surface area contributed by atoms with Crippen LogP contribution in [0.3, 0.4) is 0 Å². The van der Waals surface area contributed by atoms with Gasteiger partial charge in [-0.15, -0.1) is 23.1 Å². The summed E-state index contributed by atoms with van der Waals surface area (Å²) in [7, 11) is 6.52. The molecule has 0 bridgehead atoms. The van der Waals surface area contributed by atoms with E-state index in [0.29, 0.717) is 29.4 Å². The van der Waals surface area contributed by atoms with Crippen LogP contribution in [0.2, 0.25) is 0 Å². The number of hydrogen-bond donors (Lipinski definition) is 0. The maximum absolute atomic E-state index is 13.2. The normalized spacial score (nSPS) is 10.5. The Morgan fingerprint density at radius 2 is 1.73 bits per heavy atom. The summed E-state index contributed by atoms with van der Waals surface area (Å²) < 4.78 is 16.4. The SMILES string of the molecule is COc1ccc(CN(C)C(=O)c2ccccc2SCc2cccs2)c(OC)c1OC. The third-order valence-corrected chi connectivity index (χ3v) is 6.79. The predicted octanol–water partition coefficient (Wildman–Crippen LogP) is 5.34. The van der Waals surface area contributed by atoms with Crippen LogP contribution in [0.5, 0.6) is 17.2 Å². The summed E-state index contributed by atoms with van der Waals surface area (Å²) in [6.45, 7) is 0.381. The molecule has 0 spiro atoms. The van der Waals surface area contributed by atoms with Crippen molar-refractivity contribution < 1.29 is 19.0 Å². The van der Waals surface area contributed by atoms with Gasteiger partial charge in [0.15, 0.2) is 11.5 Å². The van der Waals surface area contributed by atoms with E-state index in [1.165, 1.54) is 4.88 Å². The molecule has 1 aromatic heterocycles. The molecule has 0 aliphatic rings. The predicted molar refractivity (Wildman–Crippen MR) is 122 cm³/mol. The van der Waals surface area contributed by atoms with Crippen molar-refractivity contribution in [1.82, 2.24) is 4.90 Å². The van der Waals surface area contributed by atoms with Crippen LogP contribution in [0, 0.1) is 0 Å². The Kier molecular flexibility index (Phi) is 7.65. The molecule has 30 heavy (non-hydrogen) atoms. The number of ether oxygens (including phenoxy) is 3. The van der Waals surface area contributed by atoms with Gasteiger partial charge in [0.25, 0.3) is 5.91 Å². The van der Waals surface area contributed by atoms with Gasteiger partial charge in [0.05, 0.1) is 26.9 Å². The third-order valence-electron chi connectivity index (χ3n) is 4.61. The minimum atomic E-state index is -0.0406. The third kappa shape index (κ3) is 4.91. The molecule has 3 aromatic rings. The molecule has 0 saturated carbocycles. The minimum absolute atomic E-state index is 0.0406. The largest absolute Gasteiger partial charge is 0.493 e. The number of carbonyl (C=O) groups is 1. The zero-order chi connectivity index (χ0) is 21.5. The van der Waals surface area contributed by atoms with Crippen molar-refractivity contribution in [1.29, 1.82) is 0 Å².